The molecule has 0 fully saturated rings. The summed E-state index contributed by atoms with van der Waals surface area (Å²) in [7, 11) is 0. The third-order valence-electron chi connectivity index (χ3n) is 2.44. The molecule has 0 heterocycles. The zero-order chi connectivity index (χ0) is 12.3. The number of ketones is 1. The van der Waals surface area contributed by atoms with Crippen molar-refractivity contribution in [1.29, 1.82) is 0 Å². The van der Waals surface area contributed by atoms with Crippen molar-refractivity contribution in [2.24, 2.45) is 0 Å². The van der Waals surface area contributed by atoms with Gasteiger partial charge in [-0.15, -0.1) is 0 Å². The molecule has 0 aromatic heterocycles. The highest BCUT2D eigenvalue weighted by Gasteiger charge is 2.13. The second-order valence-corrected chi connectivity index (χ2v) is 3.71. The Hall–Kier alpha value is -2.03. The van der Waals surface area contributed by atoms with Crippen molar-refractivity contribution in [2.45, 2.75) is 6.42 Å². The van der Waals surface area contributed by atoms with E-state index in [1.165, 1.54) is 0 Å². The molecular weight excluding hydrogens is 222 g/mol. The molecular formula is C14H10F2O. The highest BCUT2D eigenvalue weighted by molar-refractivity contribution is 5.97. The van der Waals surface area contributed by atoms with Gasteiger partial charge < -0.3 is 0 Å². The van der Waals surface area contributed by atoms with Gasteiger partial charge in [-0.2, -0.15) is 0 Å². The Labute approximate surface area is 97.7 Å². The molecule has 2 aromatic rings. The molecule has 2 rings (SSSR count). The standard InChI is InChI=1S/C14H10F2O/c15-11-6-7-13(16)12(9-11)14(17)8-10-4-2-1-3-5-10/h1-7,9H,8H2. The fourth-order valence-corrected chi connectivity index (χ4v) is 1.59. The summed E-state index contributed by atoms with van der Waals surface area (Å²) in [5, 5.41) is 0. The van der Waals surface area contributed by atoms with Crippen molar-refractivity contribution in [3.8, 4) is 0 Å². The summed E-state index contributed by atoms with van der Waals surface area (Å²) < 4.78 is 26.3. The molecule has 0 spiro atoms. The molecule has 0 aliphatic carbocycles. The average Bonchev–Trinajstić information content (AvgIpc) is 2.33. The van der Waals surface area contributed by atoms with E-state index in [1.54, 1.807) is 24.3 Å². The van der Waals surface area contributed by atoms with Gasteiger partial charge in [0.15, 0.2) is 5.78 Å². The smallest absolute Gasteiger partial charge is 0.170 e. The number of benzene rings is 2. The molecule has 3 heteroatoms. The minimum atomic E-state index is -0.688. The molecule has 0 saturated heterocycles. The fourth-order valence-electron chi connectivity index (χ4n) is 1.59. The second kappa shape index (κ2) is 4.87. The Morgan fingerprint density at radius 1 is 1.00 bits per heavy atom. The predicted octanol–water partition coefficient (Wildman–Crippen LogP) is 3.39. The Balaban J connectivity index is 2.23. The lowest BCUT2D eigenvalue weighted by molar-refractivity contribution is 0.0988. The predicted molar refractivity (Wildman–Crippen MR) is 60.8 cm³/mol. The summed E-state index contributed by atoms with van der Waals surface area (Å²) in [5.41, 5.74) is 0.579. The van der Waals surface area contributed by atoms with Gasteiger partial charge in [0.05, 0.1) is 5.56 Å². The zero-order valence-corrected chi connectivity index (χ0v) is 8.99. The number of carbonyl (C=O) groups is 1. The van der Waals surface area contributed by atoms with Gasteiger partial charge in [0.1, 0.15) is 11.6 Å². The van der Waals surface area contributed by atoms with E-state index in [0.717, 1.165) is 23.8 Å². The number of hydrogen-bond acceptors (Lipinski definition) is 1. The fraction of sp³-hybridized carbons (Fsp3) is 0.0714. The van der Waals surface area contributed by atoms with Crippen LogP contribution in [0.4, 0.5) is 8.78 Å². The van der Waals surface area contributed by atoms with Crippen molar-refractivity contribution in [3.63, 3.8) is 0 Å². The molecule has 2 aromatic carbocycles. The van der Waals surface area contributed by atoms with Gasteiger partial charge >= 0.3 is 0 Å². The van der Waals surface area contributed by atoms with Crippen LogP contribution in [0.2, 0.25) is 0 Å². The third-order valence-corrected chi connectivity index (χ3v) is 2.44. The summed E-state index contributed by atoms with van der Waals surface area (Å²) in [4.78, 5) is 11.8. The number of carbonyl (C=O) groups excluding carboxylic acids is 1. The first-order chi connectivity index (χ1) is 8.16. The molecule has 0 aliphatic rings. The Kier molecular flexibility index (Phi) is 3.28. The molecule has 0 radical (unpaired) electrons. The molecule has 17 heavy (non-hydrogen) atoms. The molecule has 0 aliphatic heterocycles. The van der Waals surface area contributed by atoms with E-state index in [-0.39, 0.29) is 12.0 Å². The van der Waals surface area contributed by atoms with Crippen LogP contribution in [0.25, 0.3) is 0 Å². The van der Waals surface area contributed by atoms with Crippen molar-refractivity contribution in [1.82, 2.24) is 0 Å². The van der Waals surface area contributed by atoms with Crippen LogP contribution in [0.15, 0.2) is 48.5 Å². The summed E-state index contributed by atoms with van der Waals surface area (Å²) in [6.45, 7) is 0. The van der Waals surface area contributed by atoms with Gasteiger partial charge in [-0.05, 0) is 23.8 Å². The van der Waals surface area contributed by atoms with Crippen molar-refractivity contribution < 1.29 is 13.6 Å². The first kappa shape index (κ1) is 11.5. The Bertz CT molecular complexity index is 535. The highest BCUT2D eigenvalue weighted by Crippen LogP contribution is 2.13. The van der Waals surface area contributed by atoms with Crippen LogP contribution in [-0.2, 0) is 6.42 Å². The van der Waals surface area contributed by atoms with Crippen LogP contribution in [0.5, 0.6) is 0 Å². The molecule has 0 N–H and O–H groups in total. The number of rotatable bonds is 3. The van der Waals surface area contributed by atoms with Gasteiger partial charge in [0.25, 0.3) is 0 Å². The van der Waals surface area contributed by atoms with E-state index in [9.17, 15) is 13.6 Å². The lowest BCUT2D eigenvalue weighted by atomic mass is 10.0. The first-order valence-corrected chi connectivity index (χ1v) is 5.19. The third kappa shape index (κ3) is 2.75. The molecule has 1 nitrogen and oxygen atoms in total. The number of halogens is 2. The molecule has 0 saturated carbocycles. The van der Waals surface area contributed by atoms with Crippen LogP contribution < -0.4 is 0 Å². The van der Waals surface area contributed by atoms with Crippen molar-refractivity contribution in [2.75, 3.05) is 0 Å². The van der Waals surface area contributed by atoms with Crippen molar-refractivity contribution in [3.05, 3.63) is 71.3 Å². The van der Waals surface area contributed by atoms with E-state index in [0.29, 0.717) is 0 Å². The maximum atomic E-state index is 13.3. The molecule has 0 unspecified atom stereocenters. The highest BCUT2D eigenvalue weighted by atomic mass is 19.1. The van der Waals surface area contributed by atoms with Crippen LogP contribution in [-0.4, -0.2) is 5.78 Å². The molecule has 0 amide bonds. The van der Waals surface area contributed by atoms with Crippen molar-refractivity contribution >= 4 is 5.78 Å². The summed E-state index contributed by atoms with van der Waals surface area (Å²) >= 11 is 0. The second-order valence-electron chi connectivity index (χ2n) is 3.71. The largest absolute Gasteiger partial charge is 0.294 e. The summed E-state index contributed by atoms with van der Waals surface area (Å²) in [6.07, 6.45) is 0.0706. The van der Waals surface area contributed by atoms with E-state index >= 15 is 0 Å². The first-order valence-electron chi connectivity index (χ1n) is 5.19. The quantitative estimate of drug-likeness (QED) is 0.741. The minimum absolute atomic E-state index is 0.0706. The monoisotopic (exact) mass is 232 g/mol. The van der Waals surface area contributed by atoms with Gasteiger partial charge in [-0.1, -0.05) is 30.3 Å². The van der Waals surface area contributed by atoms with E-state index in [2.05, 4.69) is 0 Å². The Morgan fingerprint density at radius 2 is 1.71 bits per heavy atom. The minimum Gasteiger partial charge on any atom is -0.294 e. The normalized spacial score (nSPS) is 10.2. The maximum absolute atomic E-state index is 13.3. The molecule has 0 bridgehead atoms. The zero-order valence-electron chi connectivity index (χ0n) is 8.99. The summed E-state index contributed by atoms with van der Waals surface area (Å²) in [5.74, 6) is -1.72. The maximum Gasteiger partial charge on any atom is 0.170 e. The topological polar surface area (TPSA) is 17.1 Å². The van der Waals surface area contributed by atoms with Gasteiger partial charge in [-0.3, -0.25) is 4.79 Å². The average molecular weight is 232 g/mol. The number of hydrogen-bond donors (Lipinski definition) is 0. The summed E-state index contributed by atoms with van der Waals surface area (Å²) in [6, 6.07) is 11.9. The van der Waals surface area contributed by atoms with E-state index in [1.807, 2.05) is 6.07 Å². The SMILES string of the molecule is O=C(Cc1ccccc1)c1cc(F)ccc1F. The lowest BCUT2D eigenvalue weighted by Gasteiger charge is -2.03. The van der Waals surface area contributed by atoms with Gasteiger partial charge in [0.2, 0.25) is 0 Å². The van der Waals surface area contributed by atoms with E-state index in [4.69, 9.17) is 0 Å². The van der Waals surface area contributed by atoms with Crippen LogP contribution in [0, 0.1) is 11.6 Å². The lowest BCUT2D eigenvalue weighted by Crippen LogP contribution is -2.06. The van der Waals surface area contributed by atoms with Crippen LogP contribution in [0.1, 0.15) is 15.9 Å². The van der Waals surface area contributed by atoms with Crippen LogP contribution in [0.3, 0.4) is 0 Å². The number of Topliss-reactive ketones (excluding diaryl/α,β-unsaturated/α-hetero) is 1. The van der Waals surface area contributed by atoms with Gasteiger partial charge in [0, 0.05) is 6.42 Å². The molecule has 0 atom stereocenters. The Morgan fingerprint density at radius 3 is 2.41 bits per heavy atom. The van der Waals surface area contributed by atoms with Crippen LogP contribution >= 0.6 is 0 Å². The van der Waals surface area contributed by atoms with Gasteiger partial charge in [-0.25, -0.2) is 8.78 Å². The van der Waals surface area contributed by atoms with E-state index < -0.39 is 17.4 Å². The molecule has 86 valence electrons.